The quantitative estimate of drug-likeness (QED) is 0.478. The molecule has 0 spiro atoms. The second kappa shape index (κ2) is 9.27. The van der Waals surface area contributed by atoms with Crippen molar-refractivity contribution < 1.29 is 62.6 Å². The van der Waals surface area contributed by atoms with Gasteiger partial charge in [-0.15, -0.1) is 4.90 Å². The molecule has 0 saturated heterocycles. The Morgan fingerprint density at radius 3 is 2.40 bits per heavy atom. The average Bonchev–Trinajstić information content (AvgIpc) is 2.07. The van der Waals surface area contributed by atoms with E-state index in [-0.39, 0.29) is 59.5 Å². The van der Waals surface area contributed by atoms with Crippen LogP contribution in [-0.4, -0.2) is 5.75 Å². The summed E-state index contributed by atoms with van der Waals surface area (Å²) in [6, 6.07) is 6.65. The second-order valence-electron chi connectivity index (χ2n) is 2.79. The van der Waals surface area contributed by atoms with Crippen LogP contribution in [0.2, 0.25) is 0 Å². The van der Waals surface area contributed by atoms with Gasteiger partial charge < -0.3 is 8.78 Å². The number of hydrogen-bond donors (Lipinski definition) is 0. The van der Waals surface area contributed by atoms with Gasteiger partial charge in [-0.25, -0.2) is 0 Å². The third-order valence-corrected chi connectivity index (χ3v) is 2.65. The van der Waals surface area contributed by atoms with Crippen molar-refractivity contribution in [2.24, 2.45) is 0 Å². The maximum absolute atomic E-state index is 11.8. The van der Waals surface area contributed by atoms with Gasteiger partial charge in [-0.05, 0) is 0 Å². The zero-order valence-corrected chi connectivity index (χ0v) is 15.1. The van der Waals surface area contributed by atoms with Crippen LogP contribution in [0, 0.1) is 26.3 Å². The number of hydrogen-bond acceptors (Lipinski definition) is 1. The molecule has 0 aliphatic heterocycles. The summed E-state index contributed by atoms with van der Waals surface area (Å²) in [6.45, 7) is 3.94. The molecule has 0 bridgehead atoms. The Balaban J connectivity index is 0. The molecule has 0 fully saturated rings. The average molecular weight is 473 g/mol. The van der Waals surface area contributed by atoms with Gasteiger partial charge in [-0.3, -0.25) is 0 Å². The van der Waals surface area contributed by atoms with Crippen LogP contribution >= 0.6 is 11.8 Å². The standard InChI is InChI=1S/C10H10F2S.W.Y/c1-7-3-4-9(5-8(7)2)13-6-10(11)12;;/h3,5H,6H2,1-2H3;;/q-2;;. The van der Waals surface area contributed by atoms with Gasteiger partial charge >= 0.3 is 0 Å². The Morgan fingerprint density at radius 2 is 1.93 bits per heavy atom. The molecule has 5 heteroatoms. The molecule has 15 heavy (non-hydrogen) atoms. The zero-order chi connectivity index (χ0) is 9.84. The molecule has 1 rings (SSSR count). The van der Waals surface area contributed by atoms with Gasteiger partial charge in [0.2, 0.25) is 0 Å². The van der Waals surface area contributed by atoms with Gasteiger partial charge in [0.15, 0.2) is 0 Å². The van der Waals surface area contributed by atoms with Crippen molar-refractivity contribution in [2.45, 2.75) is 18.7 Å². The normalized spacial score (nSPS) is 9.40. The molecular weight excluding hydrogens is 463 g/mol. The summed E-state index contributed by atoms with van der Waals surface area (Å²) in [7, 11) is 0. The monoisotopic (exact) mass is 473 g/mol. The van der Waals surface area contributed by atoms with Gasteiger partial charge in [0.05, 0.1) is 0 Å². The van der Waals surface area contributed by atoms with Gasteiger partial charge in [0.25, 0.3) is 0 Å². The Bertz CT molecular complexity index is 295. The fourth-order valence-corrected chi connectivity index (χ4v) is 1.53. The van der Waals surface area contributed by atoms with E-state index in [1.165, 1.54) is 0 Å². The van der Waals surface area contributed by atoms with Crippen molar-refractivity contribution in [1.82, 2.24) is 0 Å². The third kappa shape index (κ3) is 7.20. The Kier molecular flexibility index (Phi) is 11.5. The topological polar surface area (TPSA) is 0 Å². The number of thioether (sulfide) groups is 1. The van der Waals surface area contributed by atoms with Crippen LogP contribution in [0.3, 0.4) is 0 Å². The van der Waals surface area contributed by atoms with Crippen molar-refractivity contribution in [3.05, 3.63) is 35.8 Å². The molecule has 1 aromatic rings. The van der Waals surface area contributed by atoms with Crippen LogP contribution in [0.4, 0.5) is 8.78 Å². The SMILES string of the molecule is Cc1c[c-]c(SC[C-](F)F)cc1C.[W].[Y]. The van der Waals surface area contributed by atoms with E-state index < -0.39 is 6.43 Å². The molecule has 0 unspecified atom stereocenters. The number of rotatable bonds is 3. The first-order valence-corrected chi connectivity index (χ1v) is 4.86. The van der Waals surface area contributed by atoms with Crippen molar-refractivity contribution in [1.29, 1.82) is 0 Å². The summed E-state index contributed by atoms with van der Waals surface area (Å²) >= 11 is 1.11. The first-order valence-electron chi connectivity index (χ1n) is 3.88. The van der Waals surface area contributed by atoms with Gasteiger partial charge in [-0.2, -0.15) is 41.1 Å². The maximum Gasteiger partial charge on any atom is 0.0110 e. The summed E-state index contributed by atoms with van der Waals surface area (Å²) in [4.78, 5) is 0.774. The molecule has 0 saturated carbocycles. The molecule has 0 N–H and O–H groups in total. The molecule has 0 nitrogen and oxygen atoms in total. The minimum atomic E-state index is -1.54. The molecule has 0 atom stereocenters. The molecule has 1 aromatic carbocycles. The molecule has 0 amide bonds. The molecule has 0 aliphatic rings. The maximum atomic E-state index is 11.8. The molecule has 0 aliphatic carbocycles. The van der Waals surface area contributed by atoms with Crippen molar-refractivity contribution in [3.63, 3.8) is 0 Å². The van der Waals surface area contributed by atoms with Gasteiger partial charge in [0, 0.05) is 60.2 Å². The van der Waals surface area contributed by atoms with E-state index in [0.29, 0.717) is 0 Å². The fraction of sp³-hybridized carbons (Fsp3) is 0.300. The van der Waals surface area contributed by atoms with E-state index in [9.17, 15) is 8.78 Å². The number of benzene rings is 1. The van der Waals surface area contributed by atoms with Gasteiger partial charge in [-0.1, -0.05) is 19.6 Å². The molecule has 81 valence electrons. The second-order valence-corrected chi connectivity index (χ2v) is 3.81. The predicted molar refractivity (Wildman–Crippen MR) is 50.9 cm³/mol. The summed E-state index contributed by atoms with van der Waals surface area (Å²) in [5.74, 6) is -0.237. The molecular formula is C10H10F2SWY-2. The Morgan fingerprint density at radius 1 is 1.33 bits per heavy atom. The van der Waals surface area contributed by atoms with Crippen molar-refractivity contribution in [3.8, 4) is 0 Å². The van der Waals surface area contributed by atoms with Crippen LogP contribution < -0.4 is 0 Å². The van der Waals surface area contributed by atoms with E-state index in [1.54, 1.807) is 0 Å². The van der Waals surface area contributed by atoms with Gasteiger partial charge in [0.1, 0.15) is 0 Å². The Labute approximate surface area is 133 Å². The van der Waals surface area contributed by atoms with Crippen LogP contribution in [0.1, 0.15) is 11.1 Å². The number of halogens is 2. The first kappa shape index (κ1) is 18.6. The van der Waals surface area contributed by atoms with Crippen molar-refractivity contribution in [2.75, 3.05) is 5.75 Å². The summed E-state index contributed by atoms with van der Waals surface area (Å²) < 4.78 is 23.6. The minimum Gasteiger partial charge on any atom is -0.420 e. The van der Waals surface area contributed by atoms with E-state index >= 15 is 0 Å². The third-order valence-electron chi connectivity index (χ3n) is 1.74. The van der Waals surface area contributed by atoms with Crippen LogP contribution in [0.15, 0.2) is 17.0 Å². The molecule has 0 heterocycles. The predicted octanol–water partition coefficient (Wildman–Crippen LogP) is 3.62. The zero-order valence-electron chi connectivity index (χ0n) is 8.51. The smallest absolute Gasteiger partial charge is 0.0110 e. The fourth-order valence-electron chi connectivity index (χ4n) is 0.861. The van der Waals surface area contributed by atoms with Crippen LogP contribution in [-0.2, 0) is 53.8 Å². The van der Waals surface area contributed by atoms with E-state index in [2.05, 4.69) is 6.07 Å². The first-order chi connectivity index (χ1) is 6.09. The van der Waals surface area contributed by atoms with E-state index in [4.69, 9.17) is 0 Å². The summed E-state index contributed by atoms with van der Waals surface area (Å²) in [6.07, 6.45) is -1.54. The van der Waals surface area contributed by atoms with Crippen molar-refractivity contribution >= 4 is 11.8 Å². The van der Waals surface area contributed by atoms with Crippen LogP contribution in [0.25, 0.3) is 0 Å². The molecule has 0 aromatic heterocycles. The van der Waals surface area contributed by atoms with E-state index in [1.807, 2.05) is 26.0 Å². The van der Waals surface area contributed by atoms with Crippen LogP contribution in [0.5, 0.6) is 0 Å². The molecule has 1 radical (unpaired) electrons. The summed E-state index contributed by atoms with van der Waals surface area (Å²) in [5.41, 5.74) is 2.24. The largest absolute Gasteiger partial charge is 0.420 e. The summed E-state index contributed by atoms with van der Waals surface area (Å²) in [5, 5.41) is 0. The number of aryl methyl sites for hydroxylation is 2. The Hall–Kier alpha value is 1.22. The minimum absolute atomic E-state index is 0. The van der Waals surface area contributed by atoms with E-state index in [0.717, 1.165) is 27.8 Å².